The molecule has 150 valence electrons. The third-order valence-corrected chi connectivity index (χ3v) is 6.05. The van der Waals surface area contributed by atoms with E-state index in [0.29, 0.717) is 30.5 Å². The lowest BCUT2D eigenvalue weighted by atomic mass is 9.93. The molecule has 0 unspecified atom stereocenters. The van der Waals surface area contributed by atoms with Gasteiger partial charge in [-0.1, -0.05) is 37.5 Å². The summed E-state index contributed by atoms with van der Waals surface area (Å²) in [6.45, 7) is 2.80. The summed E-state index contributed by atoms with van der Waals surface area (Å²) in [6, 6.07) is 11.1. The Balaban J connectivity index is 1.49. The van der Waals surface area contributed by atoms with E-state index in [2.05, 4.69) is 4.90 Å². The summed E-state index contributed by atoms with van der Waals surface area (Å²) in [7, 11) is 0. The molecule has 1 aromatic carbocycles. The van der Waals surface area contributed by atoms with E-state index in [1.807, 2.05) is 23.1 Å². The van der Waals surface area contributed by atoms with Crippen molar-refractivity contribution in [1.29, 1.82) is 0 Å². The van der Waals surface area contributed by atoms with Crippen LogP contribution in [0.4, 0.5) is 4.39 Å². The molecule has 1 aromatic heterocycles. The van der Waals surface area contributed by atoms with Gasteiger partial charge in [0, 0.05) is 31.2 Å². The number of benzene rings is 1. The van der Waals surface area contributed by atoms with Gasteiger partial charge in [0.1, 0.15) is 11.6 Å². The molecule has 4 nitrogen and oxygen atoms in total. The molecule has 2 heterocycles. The number of hydrogen-bond acceptors (Lipinski definition) is 3. The number of nitrogens with zero attached hydrogens (tertiary/aromatic N) is 2. The lowest BCUT2D eigenvalue weighted by Crippen LogP contribution is -2.36. The fraction of sp³-hybridized carbons (Fsp3) is 0.522. The first-order valence-corrected chi connectivity index (χ1v) is 10.6. The Morgan fingerprint density at radius 2 is 1.75 bits per heavy atom. The molecule has 0 radical (unpaired) electrons. The molecule has 4 rings (SSSR count). The highest BCUT2D eigenvalue weighted by molar-refractivity contribution is 5.91. The van der Waals surface area contributed by atoms with Crippen LogP contribution < -0.4 is 0 Å². The van der Waals surface area contributed by atoms with Crippen LogP contribution in [0, 0.1) is 5.82 Å². The van der Waals surface area contributed by atoms with Gasteiger partial charge in [0.2, 0.25) is 0 Å². The Morgan fingerprint density at radius 1 is 1.00 bits per heavy atom. The van der Waals surface area contributed by atoms with Gasteiger partial charge in [-0.25, -0.2) is 4.39 Å². The van der Waals surface area contributed by atoms with Crippen molar-refractivity contribution in [3.63, 3.8) is 0 Å². The topological polar surface area (TPSA) is 36.7 Å². The molecule has 0 N–H and O–H groups in total. The molecule has 1 aliphatic heterocycles. The van der Waals surface area contributed by atoms with Gasteiger partial charge in [0.15, 0.2) is 5.76 Å². The smallest absolute Gasteiger partial charge is 0.289 e. The maximum atomic E-state index is 14.2. The first kappa shape index (κ1) is 19.2. The second kappa shape index (κ2) is 8.91. The number of furan rings is 1. The minimum Gasteiger partial charge on any atom is -0.455 e. The van der Waals surface area contributed by atoms with Crippen LogP contribution >= 0.6 is 0 Å². The van der Waals surface area contributed by atoms with Crippen LogP contribution in [0.5, 0.6) is 0 Å². The summed E-state index contributed by atoms with van der Waals surface area (Å²) in [5.74, 6) is 1.03. The van der Waals surface area contributed by atoms with Crippen molar-refractivity contribution in [2.45, 2.75) is 64.1 Å². The Bertz CT molecular complexity index is 791. The number of hydrogen-bond donors (Lipinski definition) is 0. The van der Waals surface area contributed by atoms with E-state index >= 15 is 0 Å². The first-order valence-electron chi connectivity index (χ1n) is 10.6. The van der Waals surface area contributed by atoms with Crippen LogP contribution in [0.25, 0.3) is 0 Å². The third-order valence-electron chi connectivity index (χ3n) is 6.05. The van der Waals surface area contributed by atoms with E-state index in [4.69, 9.17) is 4.42 Å². The monoisotopic (exact) mass is 384 g/mol. The van der Waals surface area contributed by atoms with Crippen molar-refractivity contribution < 1.29 is 13.6 Å². The van der Waals surface area contributed by atoms with Gasteiger partial charge < -0.3 is 9.32 Å². The zero-order valence-corrected chi connectivity index (χ0v) is 16.4. The molecular weight excluding hydrogens is 355 g/mol. The summed E-state index contributed by atoms with van der Waals surface area (Å²) >= 11 is 0. The molecule has 1 amide bonds. The van der Waals surface area contributed by atoms with Crippen LogP contribution in [0.3, 0.4) is 0 Å². The molecule has 0 bridgehead atoms. The molecule has 2 fully saturated rings. The van der Waals surface area contributed by atoms with Gasteiger partial charge in [-0.3, -0.25) is 9.69 Å². The highest BCUT2D eigenvalue weighted by Crippen LogP contribution is 2.27. The third kappa shape index (κ3) is 4.46. The molecular formula is C23H29FN2O2. The summed E-state index contributed by atoms with van der Waals surface area (Å²) in [5.41, 5.74) is 0.716. The van der Waals surface area contributed by atoms with E-state index in [0.717, 1.165) is 44.5 Å². The zero-order valence-electron chi connectivity index (χ0n) is 16.4. The largest absolute Gasteiger partial charge is 0.455 e. The van der Waals surface area contributed by atoms with Crippen LogP contribution in [-0.2, 0) is 13.1 Å². The van der Waals surface area contributed by atoms with Gasteiger partial charge in [0.05, 0.1) is 6.54 Å². The maximum absolute atomic E-state index is 14.2. The first-order chi connectivity index (χ1) is 13.7. The van der Waals surface area contributed by atoms with Gasteiger partial charge in [-0.05, 0) is 43.9 Å². The van der Waals surface area contributed by atoms with E-state index < -0.39 is 0 Å². The lowest BCUT2D eigenvalue weighted by Gasteiger charge is -2.34. The molecule has 1 saturated carbocycles. The molecule has 28 heavy (non-hydrogen) atoms. The Morgan fingerprint density at radius 3 is 2.50 bits per heavy atom. The number of likely N-dealkylation sites (tertiary alicyclic amines) is 1. The van der Waals surface area contributed by atoms with Crippen LogP contribution in [0.15, 0.2) is 40.8 Å². The fourth-order valence-corrected chi connectivity index (χ4v) is 4.46. The minimum atomic E-state index is -0.160. The van der Waals surface area contributed by atoms with Gasteiger partial charge >= 0.3 is 0 Å². The average molecular weight is 384 g/mol. The molecule has 0 atom stereocenters. The van der Waals surface area contributed by atoms with E-state index in [-0.39, 0.29) is 11.7 Å². The Hall–Kier alpha value is -2.14. The standard InChI is InChI=1S/C23H29FN2O2/c24-21-11-5-4-8-18(21)16-26(19-9-2-1-3-10-19)17-20-12-13-22(28-20)23(27)25-14-6-7-15-25/h4-5,8,11-13,19H,1-3,6-7,9-10,14-17H2. The SMILES string of the molecule is O=C(c1ccc(CN(Cc2ccccc2F)C2CCCCC2)o1)N1CCCC1. The predicted molar refractivity (Wildman–Crippen MR) is 106 cm³/mol. The summed E-state index contributed by atoms with van der Waals surface area (Å²) < 4.78 is 20.2. The van der Waals surface area contributed by atoms with Crippen LogP contribution in [-0.4, -0.2) is 34.8 Å². The minimum absolute atomic E-state index is 0.0120. The van der Waals surface area contributed by atoms with Crippen LogP contribution in [0.1, 0.15) is 66.8 Å². The summed E-state index contributed by atoms with van der Waals surface area (Å²) in [6.07, 6.45) is 8.11. The maximum Gasteiger partial charge on any atom is 0.289 e. The van der Waals surface area contributed by atoms with Gasteiger partial charge in [0.25, 0.3) is 5.91 Å². The van der Waals surface area contributed by atoms with E-state index in [1.54, 1.807) is 12.1 Å². The number of rotatable bonds is 6. The molecule has 0 spiro atoms. The average Bonchev–Trinajstić information content (AvgIpc) is 3.42. The molecule has 5 heteroatoms. The van der Waals surface area contributed by atoms with Crippen molar-refractivity contribution >= 4 is 5.91 Å². The Kier molecular flexibility index (Phi) is 6.10. The lowest BCUT2D eigenvalue weighted by molar-refractivity contribution is 0.0753. The quantitative estimate of drug-likeness (QED) is 0.704. The number of carbonyl (C=O) groups is 1. The highest BCUT2D eigenvalue weighted by atomic mass is 19.1. The summed E-state index contributed by atoms with van der Waals surface area (Å²) in [5, 5.41) is 0. The van der Waals surface area contributed by atoms with E-state index in [9.17, 15) is 9.18 Å². The molecule has 2 aliphatic rings. The van der Waals surface area contributed by atoms with Gasteiger partial charge in [-0.15, -0.1) is 0 Å². The van der Waals surface area contributed by atoms with Crippen molar-refractivity contribution in [3.8, 4) is 0 Å². The van der Waals surface area contributed by atoms with E-state index in [1.165, 1.54) is 25.3 Å². The van der Waals surface area contributed by atoms with Gasteiger partial charge in [-0.2, -0.15) is 0 Å². The summed E-state index contributed by atoms with van der Waals surface area (Å²) in [4.78, 5) is 16.7. The van der Waals surface area contributed by atoms with Crippen molar-refractivity contribution in [3.05, 3.63) is 59.3 Å². The van der Waals surface area contributed by atoms with Crippen molar-refractivity contribution in [2.24, 2.45) is 0 Å². The zero-order chi connectivity index (χ0) is 19.3. The normalized spacial score (nSPS) is 18.1. The second-order valence-corrected chi connectivity index (χ2v) is 8.05. The number of carbonyl (C=O) groups excluding carboxylic acids is 1. The number of halogens is 1. The predicted octanol–water partition coefficient (Wildman–Crippen LogP) is 4.99. The second-order valence-electron chi connectivity index (χ2n) is 8.05. The Labute approximate surface area is 166 Å². The number of amides is 1. The van der Waals surface area contributed by atoms with Crippen molar-refractivity contribution in [1.82, 2.24) is 9.80 Å². The van der Waals surface area contributed by atoms with Crippen molar-refractivity contribution in [2.75, 3.05) is 13.1 Å². The molecule has 1 aliphatic carbocycles. The van der Waals surface area contributed by atoms with Crippen LogP contribution in [0.2, 0.25) is 0 Å². The highest BCUT2D eigenvalue weighted by Gasteiger charge is 2.25. The fourth-order valence-electron chi connectivity index (χ4n) is 4.46. The molecule has 2 aromatic rings. The molecule has 1 saturated heterocycles.